The first-order chi connectivity index (χ1) is 11.2. The van der Waals surface area contributed by atoms with Crippen molar-refractivity contribution in [3.63, 3.8) is 0 Å². The zero-order valence-electron chi connectivity index (χ0n) is 13.6. The smallest absolute Gasteiger partial charge is 0.267 e. The summed E-state index contributed by atoms with van der Waals surface area (Å²) in [7, 11) is 0. The SMILES string of the molecule is CC(C)(C)N(NC(=O)c1ccc(F)cc1F)C(=O)c1ccccc1. The molecule has 0 saturated heterocycles. The van der Waals surface area contributed by atoms with Gasteiger partial charge in [0, 0.05) is 11.6 Å². The molecule has 4 nitrogen and oxygen atoms in total. The summed E-state index contributed by atoms with van der Waals surface area (Å²) in [5.74, 6) is -3.03. The van der Waals surface area contributed by atoms with Crippen LogP contribution in [-0.4, -0.2) is 22.4 Å². The van der Waals surface area contributed by atoms with E-state index in [9.17, 15) is 18.4 Å². The predicted molar refractivity (Wildman–Crippen MR) is 86.2 cm³/mol. The van der Waals surface area contributed by atoms with Crippen LogP contribution in [0.4, 0.5) is 8.78 Å². The molecule has 0 saturated carbocycles. The molecule has 2 amide bonds. The van der Waals surface area contributed by atoms with E-state index in [0.29, 0.717) is 11.6 Å². The maximum atomic E-state index is 13.8. The normalized spacial score (nSPS) is 11.0. The van der Waals surface area contributed by atoms with Crippen molar-refractivity contribution in [2.24, 2.45) is 0 Å². The third-order valence-corrected chi connectivity index (χ3v) is 3.28. The van der Waals surface area contributed by atoms with E-state index in [4.69, 9.17) is 0 Å². The number of nitrogens with one attached hydrogen (secondary N) is 1. The van der Waals surface area contributed by atoms with Crippen LogP contribution >= 0.6 is 0 Å². The number of hydrogen-bond acceptors (Lipinski definition) is 2. The van der Waals surface area contributed by atoms with Gasteiger partial charge in [0.2, 0.25) is 0 Å². The molecular formula is C18H18F2N2O2. The predicted octanol–water partition coefficient (Wildman–Crippen LogP) is 3.55. The summed E-state index contributed by atoms with van der Waals surface area (Å²) in [5, 5.41) is 1.13. The molecule has 2 rings (SSSR count). The van der Waals surface area contributed by atoms with Gasteiger partial charge in [-0.1, -0.05) is 18.2 Å². The van der Waals surface area contributed by atoms with E-state index in [2.05, 4.69) is 5.43 Å². The molecule has 0 spiro atoms. The summed E-state index contributed by atoms with van der Waals surface area (Å²) in [6.45, 7) is 5.19. The maximum Gasteiger partial charge on any atom is 0.272 e. The number of hydrogen-bond donors (Lipinski definition) is 1. The van der Waals surface area contributed by atoms with Gasteiger partial charge in [-0.3, -0.25) is 15.0 Å². The van der Waals surface area contributed by atoms with Crippen molar-refractivity contribution in [3.05, 3.63) is 71.3 Å². The second kappa shape index (κ2) is 6.78. The largest absolute Gasteiger partial charge is 0.272 e. The van der Waals surface area contributed by atoms with E-state index in [1.54, 1.807) is 51.1 Å². The molecule has 0 heterocycles. The Balaban J connectivity index is 2.30. The third-order valence-electron chi connectivity index (χ3n) is 3.28. The highest BCUT2D eigenvalue weighted by atomic mass is 19.1. The van der Waals surface area contributed by atoms with Crippen molar-refractivity contribution in [3.8, 4) is 0 Å². The second-order valence-corrected chi connectivity index (χ2v) is 6.24. The first-order valence-corrected chi connectivity index (χ1v) is 7.36. The molecule has 0 fully saturated rings. The van der Waals surface area contributed by atoms with Crippen LogP contribution in [0.15, 0.2) is 48.5 Å². The minimum atomic E-state index is -0.992. The van der Waals surface area contributed by atoms with E-state index in [0.717, 1.165) is 17.1 Å². The van der Waals surface area contributed by atoms with Crippen LogP contribution in [-0.2, 0) is 0 Å². The molecule has 6 heteroatoms. The number of rotatable bonds is 2. The van der Waals surface area contributed by atoms with Gasteiger partial charge in [0.05, 0.1) is 11.1 Å². The zero-order valence-corrected chi connectivity index (χ0v) is 13.6. The number of carbonyl (C=O) groups is 2. The maximum absolute atomic E-state index is 13.8. The van der Waals surface area contributed by atoms with Crippen molar-refractivity contribution in [2.75, 3.05) is 0 Å². The highest BCUT2D eigenvalue weighted by Gasteiger charge is 2.30. The zero-order chi connectivity index (χ0) is 17.9. The van der Waals surface area contributed by atoms with Crippen LogP contribution in [0, 0.1) is 11.6 Å². The summed E-state index contributed by atoms with van der Waals surface area (Å²) in [6, 6.07) is 11.1. The fourth-order valence-electron chi connectivity index (χ4n) is 2.07. The number of carbonyl (C=O) groups excluding carboxylic acids is 2. The fourth-order valence-corrected chi connectivity index (χ4v) is 2.07. The third kappa shape index (κ3) is 3.95. The van der Waals surface area contributed by atoms with Crippen LogP contribution in [0.1, 0.15) is 41.5 Å². The number of amides is 2. The molecule has 2 aromatic carbocycles. The van der Waals surface area contributed by atoms with Crippen molar-refractivity contribution in [1.82, 2.24) is 10.4 Å². The molecule has 0 bridgehead atoms. The van der Waals surface area contributed by atoms with Gasteiger partial charge in [0.1, 0.15) is 11.6 Å². The molecule has 0 aliphatic rings. The molecule has 2 aromatic rings. The Labute approximate surface area is 139 Å². The monoisotopic (exact) mass is 332 g/mol. The van der Waals surface area contributed by atoms with Crippen molar-refractivity contribution in [2.45, 2.75) is 26.3 Å². The number of nitrogens with zero attached hydrogens (tertiary/aromatic N) is 1. The fraction of sp³-hybridized carbons (Fsp3) is 0.222. The molecule has 0 radical (unpaired) electrons. The molecule has 0 aliphatic carbocycles. The minimum Gasteiger partial charge on any atom is -0.267 e. The van der Waals surface area contributed by atoms with Gasteiger partial charge >= 0.3 is 0 Å². The number of benzene rings is 2. The van der Waals surface area contributed by atoms with E-state index in [1.165, 1.54) is 0 Å². The summed E-state index contributed by atoms with van der Waals surface area (Å²) >= 11 is 0. The van der Waals surface area contributed by atoms with Crippen molar-refractivity contribution in [1.29, 1.82) is 0 Å². The molecule has 126 valence electrons. The Bertz CT molecular complexity index is 755. The van der Waals surface area contributed by atoms with Gasteiger partial charge in [-0.15, -0.1) is 0 Å². The highest BCUT2D eigenvalue weighted by Crippen LogP contribution is 2.17. The average molecular weight is 332 g/mol. The standard InChI is InChI=1S/C18H18F2N2O2/c1-18(2,3)22(17(24)12-7-5-4-6-8-12)21-16(23)14-10-9-13(19)11-15(14)20/h4-11H,1-3H3,(H,21,23). The first kappa shape index (κ1) is 17.6. The number of halogens is 2. The Hall–Kier alpha value is -2.76. The Morgan fingerprint density at radius 1 is 1.00 bits per heavy atom. The lowest BCUT2D eigenvalue weighted by Crippen LogP contribution is -2.56. The van der Waals surface area contributed by atoms with Crippen LogP contribution < -0.4 is 5.43 Å². The van der Waals surface area contributed by atoms with Gasteiger partial charge in [-0.05, 0) is 45.0 Å². The highest BCUT2D eigenvalue weighted by molar-refractivity contribution is 5.99. The van der Waals surface area contributed by atoms with Gasteiger partial charge in [-0.2, -0.15) is 0 Å². The van der Waals surface area contributed by atoms with E-state index < -0.39 is 29.0 Å². The van der Waals surface area contributed by atoms with Gasteiger partial charge in [0.25, 0.3) is 11.8 Å². The first-order valence-electron chi connectivity index (χ1n) is 7.36. The topological polar surface area (TPSA) is 49.4 Å². The summed E-state index contributed by atoms with van der Waals surface area (Å²) in [6.07, 6.45) is 0. The quantitative estimate of drug-likeness (QED) is 0.855. The van der Waals surface area contributed by atoms with Gasteiger partial charge in [0.15, 0.2) is 0 Å². The molecule has 1 N–H and O–H groups in total. The lowest BCUT2D eigenvalue weighted by atomic mass is 10.1. The Kier molecular flexibility index (Phi) is 4.97. The number of hydrazine groups is 1. The molecule has 0 aromatic heterocycles. The lowest BCUT2D eigenvalue weighted by Gasteiger charge is -2.35. The minimum absolute atomic E-state index is 0.341. The van der Waals surface area contributed by atoms with E-state index >= 15 is 0 Å². The summed E-state index contributed by atoms with van der Waals surface area (Å²) < 4.78 is 26.7. The lowest BCUT2D eigenvalue weighted by molar-refractivity contribution is 0.0357. The van der Waals surface area contributed by atoms with Crippen LogP contribution in [0.2, 0.25) is 0 Å². The molecule has 24 heavy (non-hydrogen) atoms. The molecular weight excluding hydrogens is 314 g/mol. The Morgan fingerprint density at radius 3 is 2.17 bits per heavy atom. The van der Waals surface area contributed by atoms with Crippen molar-refractivity contribution < 1.29 is 18.4 Å². The molecule has 0 unspecified atom stereocenters. The summed E-state index contributed by atoms with van der Waals surface area (Å²) in [5.41, 5.74) is 1.70. The van der Waals surface area contributed by atoms with Gasteiger partial charge in [-0.25, -0.2) is 13.8 Å². The van der Waals surface area contributed by atoms with Gasteiger partial charge < -0.3 is 0 Å². The average Bonchev–Trinajstić information content (AvgIpc) is 2.51. The van der Waals surface area contributed by atoms with E-state index in [-0.39, 0.29) is 5.56 Å². The summed E-state index contributed by atoms with van der Waals surface area (Å²) in [4.78, 5) is 25.0. The van der Waals surface area contributed by atoms with Crippen LogP contribution in [0.25, 0.3) is 0 Å². The second-order valence-electron chi connectivity index (χ2n) is 6.24. The van der Waals surface area contributed by atoms with Crippen LogP contribution in [0.3, 0.4) is 0 Å². The molecule has 0 aliphatic heterocycles. The Morgan fingerprint density at radius 2 is 1.62 bits per heavy atom. The van der Waals surface area contributed by atoms with E-state index in [1.807, 2.05) is 0 Å². The van der Waals surface area contributed by atoms with Crippen LogP contribution in [0.5, 0.6) is 0 Å². The van der Waals surface area contributed by atoms with Crippen molar-refractivity contribution >= 4 is 11.8 Å². The molecule has 0 atom stereocenters.